The summed E-state index contributed by atoms with van der Waals surface area (Å²) in [5.74, 6) is -0.256. The first-order valence-corrected chi connectivity index (χ1v) is 9.08. The Morgan fingerprint density at radius 3 is 2.85 bits per heavy atom. The fourth-order valence-corrected chi connectivity index (χ4v) is 3.82. The molecule has 2 amide bonds. The zero-order valence-electron chi connectivity index (χ0n) is 15.1. The van der Waals surface area contributed by atoms with Crippen LogP contribution in [0.1, 0.15) is 37.7 Å². The van der Waals surface area contributed by atoms with Crippen LogP contribution >= 0.6 is 12.4 Å². The second kappa shape index (κ2) is 9.33. The normalized spacial score (nSPS) is 21.9. The molecule has 0 aliphatic carbocycles. The number of rotatable bonds is 4. The molecule has 2 heterocycles. The third-order valence-corrected chi connectivity index (χ3v) is 5.23. The number of halogens is 2. The molecule has 26 heavy (non-hydrogen) atoms. The minimum Gasteiger partial charge on any atom is -0.341 e. The quantitative estimate of drug-likeness (QED) is 0.866. The van der Waals surface area contributed by atoms with E-state index in [0.717, 1.165) is 25.9 Å². The number of hydrogen-bond donors (Lipinski definition) is 1. The topological polar surface area (TPSA) is 52.7 Å². The van der Waals surface area contributed by atoms with E-state index in [0.29, 0.717) is 31.6 Å². The Morgan fingerprint density at radius 2 is 2.12 bits per heavy atom. The van der Waals surface area contributed by atoms with E-state index < -0.39 is 0 Å². The number of nitrogens with one attached hydrogen (secondary N) is 1. The van der Waals surface area contributed by atoms with Gasteiger partial charge in [0.25, 0.3) is 0 Å². The molecule has 0 bridgehead atoms. The summed E-state index contributed by atoms with van der Waals surface area (Å²) < 4.78 is 13.9. The SMILES string of the molecule is CC(CC(=O)N1CCCC(N2CCNCC2=O)C1)c1ccccc1F.Cl. The van der Waals surface area contributed by atoms with E-state index in [1.54, 1.807) is 18.2 Å². The molecule has 1 aromatic carbocycles. The van der Waals surface area contributed by atoms with Gasteiger partial charge in [-0.15, -0.1) is 12.4 Å². The van der Waals surface area contributed by atoms with Crippen molar-refractivity contribution in [2.75, 3.05) is 32.7 Å². The van der Waals surface area contributed by atoms with Crippen molar-refractivity contribution in [1.29, 1.82) is 0 Å². The maximum absolute atomic E-state index is 13.9. The van der Waals surface area contributed by atoms with Crippen LogP contribution in [0.5, 0.6) is 0 Å². The zero-order valence-corrected chi connectivity index (χ0v) is 15.9. The molecule has 2 unspecified atom stereocenters. The number of carbonyl (C=O) groups is 2. The van der Waals surface area contributed by atoms with Gasteiger partial charge < -0.3 is 15.1 Å². The minimum atomic E-state index is -0.259. The van der Waals surface area contributed by atoms with Gasteiger partial charge in [0.15, 0.2) is 0 Å². The summed E-state index contributed by atoms with van der Waals surface area (Å²) in [5, 5.41) is 3.08. The van der Waals surface area contributed by atoms with Gasteiger partial charge in [-0.05, 0) is 30.4 Å². The summed E-state index contributed by atoms with van der Waals surface area (Å²) in [4.78, 5) is 28.5. The zero-order chi connectivity index (χ0) is 17.8. The molecular formula is C19H27ClFN3O2. The molecule has 2 atom stereocenters. The highest BCUT2D eigenvalue weighted by Gasteiger charge is 2.32. The molecule has 0 radical (unpaired) electrons. The monoisotopic (exact) mass is 383 g/mol. The van der Waals surface area contributed by atoms with Gasteiger partial charge in [-0.2, -0.15) is 0 Å². The first-order valence-electron chi connectivity index (χ1n) is 9.08. The minimum absolute atomic E-state index is 0. The fraction of sp³-hybridized carbons (Fsp3) is 0.579. The van der Waals surface area contributed by atoms with Crippen LogP contribution in [0.3, 0.4) is 0 Å². The van der Waals surface area contributed by atoms with Crippen molar-refractivity contribution in [1.82, 2.24) is 15.1 Å². The lowest BCUT2D eigenvalue weighted by Crippen LogP contribution is -2.57. The van der Waals surface area contributed by atoms with E-state index in [4.69, 9.17) is 0 Å². The Hall–Kier alpha value is -1.66. The molecule has 0 aromatic heterocycles. The van der Waals surface area contributed by atoms with Crippen molar-refractivity contribution >= 4 is 24.2 Å². The lowest BCUT2D eigenvalue weighted by atomic mass is 9.95. The van der Waals surface area contributed by atoms with Crippen LogP contribution in [-0.4, -0.2) is 60.4 Å². The number of likely N-dealkylation sites (tertiary alicyclic amines) is 1. The third-order valence-electron chi connectivity index (χ3n) is 5.23. The van der Waals surface area contributed by atoms with Gasteiger partial charge >= 0.3 is 0 Å². The number of hydrogen-bond acceptors (Lipinski definition) is 3. The van der Waals surface area contributed by atoms with Gasteiger partial charge in [0.2, 0.25) is 11.8 Å². The average molecular weight is 384 g/mol. The number of piperazine rings is 1. The van der Waals surface area contributed by atoms with Crippen molar-refractivity contribution in [3.8, 4) is 0 Å². The molecule has 7 heteroatoms. The summed E-state index contributed by atoms with van der Waals surface area (Å²) in [6.07, 6.45) is 2.14. The van der Waals surface area contributed by atoms with Gasteiger partial charge in [0.05, 0.1) is 6.54 Å². The maximum Gasteiger partial charge on any atom is 0.236 e. The molecule has 0 saturated carbocycles. The first kappa shape index (κ1) is 20.6. The van der Waals surface area contributed by atoms with Crippen molar-refractivity contribution in [2.45, 2.75) is 38.1 Å². The van der Waals surface area contributed by atoms with Gasteiger partial charge in [-0.1, -0.05) is 25.1 Å². The standard InChI is InChI=1S/C19H26FN3O2.ClH/c1-14(16-6-2-3-7-17(16)20)11-18(24)22-9-4-5-15(13-22)23-10-8-21-12-19(23)25;/h2-3,6-7,14-15,21H,4-5,8-13H2,1H3;1H. The van der Waals surface area contributed by atoms with E-state index >= 15 is 0 Å². The van der Waals surface area contributed by atoms with Crippen LogP contribution in [0.2, 0.25) is 0 Å². The van der Waals surface area contributed by atoms with Gasteiger partial charge in [0, 0.05) is 38.6 Å². The van der Waals surface area contributed by atoms with E-state index in [2.05, 4.69) is 5.32 Å². The predicted molar refractivity (Wildman–Crippen MR) is 101 cm³/mol. The molecular weight excluding hydrogens is 357 g/mol. The Labute approximate surface area is 160 Å². The second-order valence-electron chi connectivity index (χ2n) is 7.03. The van der Waals surface area contributed by atoms with Gasteiger partial charge in [-0.3, -0.25) is 9.59 Å². The average Bonchev–Trinajstić information content (AvgIpc) is 2.62. The summed E-state index contributed by atoms with van der Waals surface area (Å²) in [5.41, 5.74) is 0.585. The maximum atomic E-state index is 13.9. The fourth-order valence-electron chi connectivity index (χ4n) is 3.82. The summed E-state index contributed by atoms with van der Waals surface area (Å²) in [6.45, 7) is 5.10. The van der Waals surface area contributed by atoms with E-state index in [1.165, 1.54) is 6.07 Å². The Kier molecular flexibility index (Phi) is 7.41. The van der Waals surface area contributed by atoms with Crippen LogP contribution in [0.25, 0.3) is 0 Å². The van der Waals surface area contributed by atoms with Gasteiger partial charge in [-0.25, -0.2) is 4.39 Å². The number of carbonyl (C=O) groups excluding carboxylic acids is 2. The van der Waals surface area contributed by atoms with Crippen LogP contribution < -0.4 is 5.32 Å². The van der Waals surface area contributed by atoms with Crippen molar-refractivity contribution in [3.05, 3.63) is 35.6 Å². The van der Waals surface area contributed by atoms with Crippen molar-refractivity contribution in [3.63, 3.8) is 0 Å². The summed E-state index contributed by atoms with van der Waals surface area (Å²) >= 11 is 0. The van der Waals surface area contributed by atoms with Crippen LogP contribution in [-0.2, 0) is 9.59 Å². The van der Waals surface area contributed by atoms with Gasteiger partial charge in [0.1, 0.15) is 5.82 Å². The number of amides is 2. The third kappa shape index (κ3) is 4.74. The largest absolute Gasteiger partial charge is 0.341 e. The highest BCUT2D eigenvalue weighted by atomic mass is 35.5. The molecule has 144 valence electrons. The first-order chi connectivity index (χ1) is 12.1. The highest BCUT2D eigenvalue weighted by molar-refractivity contribution is 5.85. The van der Waals surface area contributed by atoms with Crippen LogP contribution in [0.4, 0.5) is 4.39 Å². The van der Waals surface area contributed by atoms with Crippen LogP contribution in [0, 0.1) is 5.82 Å². The second-order valence-corrected chi connectivity index (χ2v) is 7.03. The highest BCUT2D eigenvalue weighted by Crippen LogP contribution is 2.24. The Balaban J connectivity index is 0.00000243. The number of benzene rings is 1. The molecule has 2 aliphatic heterocycles. The Bertz CT molecular complexity index is 643. The molecule has 1 aromatic rings. The number of piperidine rings is 1. The van der Waals surface area contributed by atoms with Crippen LogP contribution in [0.15, 0.2) is 24.3 Å². The summed E-state index contributed by atoms with van der Waals surface area (Å²) in [7, 11) is 0. The molecule has 3 rings (SSSR count). The predicted octanol–water partition coefficient (Wildman–Crippen LogP) is 2.16. The Morgan fingerprint density at radius 1 is 1.35 bits per heavy atom. The lowest BCUT2D eigenvalue weighted by Gasteiger charge is -2.41. The lowest BCUT2D eigenvalue weighted by molar-refractivity contribution is -0.140. The van der Waals surface area contributed by atoms with E-state index in [1.807, 2.05) is 16.7 Å². The number of nitrogens with zero attached hydrogens (tertiary/aromatic N) is 2. The molecule has 2 aliphatic rings. The molecule has 5 nitrogen and oxygen atoms in total. The molecule has 1 N–H and O–H groups in total. The summed E-state index contributed by atoms with van der Waals surface area (Å²) in [6, 6.07) is 6.74. The van der Waals surface area contributed by atoms with E-state index in [9.17, 15) is 14.0 Å². The molecule has 2 fully saturated rings. The molecule has 2 saturated heterocycles. The van der Waals surface area contributed by atoms with Crippen molar-refractivity contribution < 1.29 is 14.0 Å². The van der Waals surface area contributed by atoms with Crippen molar-refractivity contribution in [2.24, 2.45) is 0 Å². The van der Waals surface area contributed by atoms with E-state index in [-0.39, 0.29) is 42.0 Å². The smallest absolute Gasteiger partial charge is 0.236 e. The molecule has 0 spiro atoms.